The average Bonchev–Trinajstić information content (AvgIpc) is 2.39. The summed E-state index contributed by atoms with van der Waals surface area (Å²) in [6, 6.07) is 3.33. The number of halogens is 2. The zero-order valence-corrected chi connectivity index (χ0v) is 11.1. The largest absolute Gasteiger partial charge is 0.329 e. The molecule has 1 saturated heterocycles. The van der Waals surface area contributed by atoms with Gasteiger partial charge in [-0.25, -0.2) is 19.2 Å². The van der Waals surface area contributed by atoms with E-state index in [1.807, 2.05) is 12.1 Å². The van der Waals surface area contributed by atoms with Crippen LogP contribution in [0.15, 0.2) is 18.2 Å². The SMILES string of the molecule is CN1CCN(NC(CN)c2c(F)cccc2F)CC1. The molecule has 1 atom stereocenters. The van der Waals surface area contributed by atoms with Crippen LogP contribution in [0.4, 0.5) is 8.78 Å². The Kier molecular flexibility index (Phi) is 4.81. The molecule has 3 N–H and O–H groups in total. The second-order valence-corrected chi connectivity index (χ2v) is 4.84. The van der Waals surface area contributed by atoms with Crippen LogP contribution in [0.3, 0.4) is 0 Å². The Labute approximate surface area is 112 Å². The molecule has 0 spiro atoms. The summed E-state index contributed by atoms with van der Waals surface area (Å²) in [6.07, 6.45) is 0. The van der Waals surface area contributed by atoms with Crippen molar-refractivity contribution in [1.29, 1.82) is 0 Å². The van der Waals surface area contributed by atoms with E-state index in [0.29, 0.717) is 0 Å². The maximum absolute atomic E-state index is 13.7. The predicted molar refractivity (Wildman–Crippen MR) is 70.4 cm³/mol. The van der Waals surface area contributed by atoms with Crippen molar-refractivity contribution < 1.29 is 8.78 Å². The topological polar surface area (TPSA) is 44.5 Å². The highest BCUT2D eigenvalue weighted by molar-refractivity contribution is 5.23. The van der Waals surface area contributed by atoms with Gasteiger partial charge in [-0.3, -0.25) is 0 Å². The highest BCUT2D eigenvalue weighted by Gasteiger charge is 2.22. The molecular formula is C13H20F2N4. The Bertz CT molecular complexity index is 399. The van der Waals surface area contributed by atoms with E-state index < -0.39 is 17.7 Å². The van der Waals surface area contributed by atoms with Gasteiger partial charge < -0.3 is 10.6 Å². The van der Waals surface area contributed by atoms with Gasteiger partial charge in [0.2, 0.25) is 0 Å². The Balaban J connectivity index is 2.08. The van der Waals surface area contributed by atoms with Crippen molar-refractivity contribution in [2.24, 2.45) is 5.73 Å². The lowest BCUT2D eigenvalue weighted by Crippen LogP contribution is -2.52. The van der Waals surface area contributed by atoms with E-state index >= 15 is 0 Å². The molecule has 6 heteroatoms. The van der Waals surface area contributed by atoms with Gasteiger partial charge in [0.1, 0.15) is 11.6 Å². The fourth-order valence-electron chi connectivity index (χ4n) is 2.23. The molecule has 19 heavy (non-hydrogen) atoms. The van der Waals surface area contributed by atoms with Crippen LogP contribution in [0.2, 0.25) is 0 Å². The van der Waals surface area contributed by atoms with Crippen LogP contribution >= 0.6 is 0 Å². The Morgan fingerprint density at radius 1 is 1.21 bits per heavy atom. The summed E-state index contributed by atoms with van der Waals surface area (Å²) in [6.45, 7) is 3.60. The first-order valence-electron chi connectivity index (χ1n) is 6.45. The number of nitrogens with two attached hydrogens (primary N) is 1. The van der Waals surface area contributed by atoms with Gasteiger partial charge in [-0.05, 0) is 19.2 Å². The van der Waals surface area contributed by atoms with Crippen LogP contribution in [0, 0.1) is 11.6 Å². The molecule has 0 amide bonds. The van der Waals surface area contributed by atoms with E-state index in [1.165, 1.54) is 18.2 Å². The molecule has 1 fully saturated rings. The fourth-order valence-corrected chi connectivity index (χ4v) is 2.23. The van der Waals surface area contributed by atoms with E-state index in [-0.39, 0.29) is 12.1 Å². The summed E-state index contributed by atoms with van der Waals surface area (Å²) in [4.78, 5) is 2.21. The molecule has 0 bridgehead atoms. The van der Waals surface area contributed by atoms with Crippen molar-refractivity contribution in [1.82, 2.24) is 15.3 Å². The van der Waals surface area contributed by atoms with Crippen LogP contribution in [0.25, 0.3) is 0 Å². The summed E-state index contributed by atoms with van der Waals surface area (Å²) in [5.41, 5.74) is 8.80. The van der Waals surface area contributed by atoms with Crippen LogP contribution in [-0.4, -0.2) is 49.7 Å². The van der Waals surface area contributed by atoms with E-state index in [1.54, 1.807) is 0 Å². The molecule has 1 aliphatic rings. The van der Waals surface area contributed by atoms with E-state index in [4.69, 9.17) is 5.73 Å². The Hall–Kier alpha value is -1.08. The number of nitrogens with one attached hydrogen (secondary N) is 1. The average molecular weight is 270 g/mol. The molecule has 0 aliphatic carbocycles. The molecule has 0 radical (unpaired) electrons. The standard InChI is InChI=1S/C13H20F2N4/c1-18-5-7-19(8-6-18)17-12(9-16)13-10(14)3-2-4-11(13)15/h2-4,12,17H,5-9,16H2,1H3. The Morgan fingerprint density at radius 2 is 1.79 bits per heavy atom. The van der Waals surface area contributed by atoms with E-state index in [9.17, 15) is 8.78 Å². The lowest BCUT2D eigenvalue weighted by Gasteiger charge is -2.35. The maximum Gasteiger partial charge on any atom is 0.131 e. The van der Waals surface area contributed by atoms with Crippen molar-refractivity contribution in [3.05, 3.63) is 35.4 Å². The molecule has 1 heterocycles. The molecule has 1 aromatic carbocycles. The highest BCUT2D eigenvalue weighted by Crippen LogP contribution is 2.20. The molecule has 4 nitrogen and oxygen atoms in total. The number of piperazine rings is 1. The summed E-state index contributed by atoms with van der Waals surface area (Å²) in [7, 11) is 2.05. The normalized spacial score (nSPS) is 19.6. The van der Waals surface area contributed by atoms with Crippen molar-refractivity contribution >= 4 is 0 Å². The van der Waals surface area contributed by atoms with Crippen molar-refractivity contribution in [2.75, 3.05) is 39.8 Å². The van der Waals surface area contributed by atoms with Gasteiger partial charge in [0.05, 0.1) is 6.04 Å². The second kappa shape index (κ2) is 6.38. The molecule has 1 aliphatic heterocycles. The first-order chi connectivity index (χ1) is 9.11. The zero-order valence-electron chi connectivity index (χ0n) is 11.1. The third-order valence-electron chi connectivity index (χ3n) is 3.43. The third kappa shape index (κ3) is 3.48. The van der Waals surface area contributed by atoms with Gasteiger partial charge in [-0.1, -0.05) is 6.07 Å². The lowest BCUT2D eigenvalue weighted by atomic mass is 10.1. The molecule has 106 valence electrons. The lowest BCUT2D eigenvalue weighted by molar-refractivity contribution is 0.0865. The van der Waals surface area contributed by atoms with Gasteiger partial charge in [0, 0.05) is 38.3 Å². The van der Waals surface area contributed by atoms with Gasteiger partial charge in [0.15, 0.2) is 0 Å². The fraction of sp³-hybridized carbons (Fsp3) is 0.538. The number of hydrogen-bond donors (Lipinski definition) is 2. The first kappa shape index (κ1) is 14.3. The molecule has 0 aromatic heterocycles. The summed E-state index contributed by atoms with van der Waals surface area (Å²) < 4.78 is 27.5. The van der Waals surface area contributed by atoms with Gasteiger partial charge in [0.25, 0.3) is 0 Å². The maximum atomic E-state index is 13.7. The summed E-state index contributed by atoms with van der Waals surface area (Å²) in [5.74, 6) is -1.12. The van der Waals surface area contributed by atoms with Crippen LogP contribution in [0.5, 0.6) is 0 Å². The monoisotopic (exact) mass is 270 g/mol. The third-order valence-corrected chi connectivity index (χ3v) is 3.43. The highest BCUT2D eigenvalue weighted by atomic mass is 19.1. The predicted octanol–water partition coefficient (Wildman–Crippen LogP) is 0.717. The van der Waals surface area contributed by atoms with Crippen LogP contribution < -0.4 is 11.2 Å². The van der Waals surface area contributed by atoms with Gasteiger partial charge in [-0.15, -0.1) is 0 Å². The number of hydrogen-bond acceptors (Lipinski definition) is 4. The van der Waals surface area contributed by atoms with E-state index in [2.05, 4.69) is 10.3 Å². The minimum Gasteiger partial charge on any atom is -0.329 e. The number of nitrogens with zero attached hydrogens (tertiary/aromatic N) is 2. The van der Waals surface area contributed by atoms with Gasteiger partial charge >= 0.3 is 0 Å². The quantitative estimate of drug-likeness (QED) is 0.846. The van der Waals surface area contributed by atoms with Crippen molar-refractivity contribution in [3.63, 3.8) is 0 Å². The summed E-state index contributed by atoms with van der Waals surface area (Å²) in [5, 5.41) is 1.98. The number of rotatable bonds is 4. The first-order valence-corrected chi connectivity index (χ1v) is 6.45. The second-order valence-electron chi connectivity index (χ2n) is 4.84. The summed E-state index contributed by atoms with van der Waals surface area (Å²) >= 11 is 0. The van der Waals surface area contributed by atoms with Gasteiger partial charge in [-0.2, -0.15) is 0 Å². The Morgan fingerprint density at radius 3 is 2.32 bits per heavy atom. The minimum absolute atomic E-state index is 0.0175. The molecular weight excluding hydrogens is 250 g/mol. The number of likely N-dealkylation sites (N-methyl/N-ethyl adjacent to an activating group) is 1. The van der Waals surface area contributed by atoms with Crippen molar-refractivity contribution in [2.45, 2.75) is 6.04 Å². The zero-order chi connectivity index (χ0) is 13.8. The number of benzene rings is 1. The van der Waals surface area contributed by atoms with Crippen LogP contribution in [-0.2, 0) is 0 Å². The molecule has 0 saturated carbocycles. The van der Waals surface area contributed by atoms with Crippen LogP contribution in [0.1, 0.15) is 11.6 Å². The number of hydrazine groups is 1. The minimum atomic E-state index is -0.558. The smallest absolute Gasteiger partial charge is 0.131 e. The molecule has 2 rings (SSSR count). The molecule has 1 aromatic rings. The van der Waals surface area contributed by atoms with E-state index in [0.717, 1.165) is 26.2 Å². The molecule has 1 unspecified atom stereocenters. The van der Waals surface area contributed by atoms with Crippen molar-refractivity contribution in [3.8, 4) is 0 Å².